The summed E-state index contributed by atoms with van der Waals surface area (Å²) in [6.45, 7) is 3.71. The number of amides is 1. The van der Waals surface area contributed by atoms with Gasteiger partial charge < -0.3 is 9.84 Å². The zero-order valence-electron chi connectivity index (χ0n) is 15.8. The van der Waals surface area contributed by atoms with E-state index in [0.717, 1.165) is 10.6 Å². The number of hydrogen-bond acceptors (Lipinski definition) is 6. The molecule has 7 nitrogen and oxygen atoms in total. The maximum Gasteiger partial charge on any atom is 0.227 e. The van der Waals surface area contributed by atoms with Crippen molar-refractivity contribution < 1.29 is 13.7 Å². The van der Waals surface area contributed by atoms with Gasteiger partial charge in [-0.15, -0.1) is 11.3 Å². The molecule has 1 aromatic carbocycles. The SMILES string of the molecule is Cc1ccc(-c2cc(NC(=O)CCc3nc(-c4ccc(F)c(C)c4)no3)n[nH]2)s1. The lowest BCUT2D eigenvalue weighted by Crippen LogP contribution is -2.12. The summed E-state index contributed by atoms with van der Waals surface area (Å²) in [5.41, 5.74) is 2.02. The van der Waals surface area contributed by atoms with Crippen LogP contribution in [0.5, 0.6) is 0 Å². The van der Waals surface area contributed by atoms with Crippen LogP contribution in [0.2, 0.25) is 0 Å². The minimum absolute atomic E-state index is 0.171. The van der Waals surface area contributed by atoms with Crippen molar-refractivity contribution >= 4 is 23.1 Å². The molecular formula is C20H18FN5O2S. The van der Waals surface area contributed by atoms with Gasteiger partial charge in [-0.1, -0.05) is 5.16 Å². The Kier molecular flexibility index (Phi) is 5.22. The maximum atomic E-state index is 13.4. The van der Waals surface area contributed by atoms with Gasteiger partial charge in [0, 0.05) is 29.3 Å². The molecule has 0 radical (unpaired) electrons. The van der Waals surface area contributed by atoms with Crippen molar-refractivity contribution in [1.29, 1.82) is 0 Å². The molecule has 0 aliphatic heterocycles. The van der Waals surface area contributed by atoms with Gasteiger partial charge in [0.2, 0.25) is 17.6 Å². The smallest absolute Gasteiger partial charge is 0.227 e. The molecule has 3 heterocycles. The minimum atomic E-state index is -0.287. The van der Waals surface area contributed by atoms with Crippen molar-refractivity contribution in [2.24, 2.45) is 0 Å². The Hall–Kier alpha value is -3.33. The molecule has 1 amide bonds. The average molecular weight is 411 g/mol. The van der Waals surface area contributed by atoms with Crippen LogP contribution >= 0.6 is 11.3 Å². The van der Waals surface area contributed by atoms with E-state index in [0.29, 0.717) is 35.1 Å². The number of hydrogen-bond donors (Lipinski definition) is 2. The average Bonchev–Trinajstić information content (AvgIpc) is 3.43. The Morgan fingerprint density at radius 1 is 1.24 bits per heavy atom. The number of halogens is 1. The summed E-state index contributed by atoms with van der Waals surface area (Å²) in [7, 11) is 0. The number of carbonyl (C=O) groups excluding carboxylic acids is 1. The fourth-order valence-electron chi connectivity index (χ4n) is 2.77. The molecule has 2 N–H and O–H groups in total. The van der Waals surface area contributed by atoms with E-state index in [4.69, 9.17) is 4.52 Å². The van der Waals surface area contributed by atoms with Crippen LogP contribution in [-0.2, 0) is 11.2 Å². The third kappa shape index (κ3) is 4.40. The molecule has 0 saturated carbocycles. The Morgan fingerprint density at radius 3 is 2.86 bits per heavy atom. The predicted octanol–water partition coefficient (Wildman–Crippen LogP) is 4.52. The lowest BCUT2D eigenvalue weighted by molar-refractivity contribution is -0.116. The van der Waals surface area contributed by atoms with Gasteiger partial charge in [0.05, 0.1) is 10.6 Å². The van der Waals surface area contributed by atoms with E-state index in [1.54, 1.807) is 36.5 Å². The number of aryl methyl sites for hydroxylation is 3. The molecule has 4 aromatic rings. The molecule has 0 fully saturated rings. The second kappa shape index (κ2) is 7.96. The topological polar surface area (TPSA) is 96.7 Å². The number of nitrogens with one attached hydrogen (secondary N) is 2. The second-order valence-corrected chi connectivity index (χ2v) is 7.89. The van der Waals surface area contributed by atoms with E-state index in [1.165, 1.54) is 10.9 Å². The minimum Gasteiger partial charge on any atom is -0.339 e. The molecule has 3 aromatic heterocycles. The molecule has 148 valence electrons. The first-order chi connectivity index (χ1) is 14.0. The molecule has 4 rings (SSSR count). The van der Waals surface area contributed by atoms with Crippen LogP contribution in [0.4, 0.5) is 10.2 Å². The highest BCUT2D eigenvalue weighted by molar-refractivity contribution is 7.15. The highest BCUT2D eigenvalue weighted by Gasteiger charge is 2.13. The van der Waals surface area contributed by atoms with Gasteiger partial charge >= 0.3 is 0 Å². The van der Waals surface area contributed by atoms with Crippen molar-refractivity contribution in [3.8, 4) is 22.0 Å². The molecule has 0 spiro atoms. The van der Waals surface area contributed by atoms with Crippen molar-refractivity contribution in [3.63, 3.8) is 0 Å². The van der Waals surface area contributed by atoms with E-state index in [9.17, 15) is 9.18 Å². The number of benzene rings is 1. The van der Waals surface area contributed by atoms with Crippen LogP contribution in [0, 0.1) is 19.7 Å². The second-order valence-electron chi connectivity index (χ2n) is 6.60. The normalized spacial score (nSPS) is 11.0. The number of aromatic amines is 1. The molecule has 0 aliphatic rings. The van der Waals surface area contributed by atoms with Crippen LogP contribution in [0.3, 0.4) is 0 Å². The molecule has 0 atom stereocenters. The summed E-state index contributed by atoms with van der Waals surface area (Å²) in [5, 5.41) is 13.7. The Morgan fingerprint density at radius 2 is 2.10 bits per heavy atom. The van der Waals surface area contributed by atoms with Crippen LogP contribution in [-0.4, -0.2) is 26.2 Å². The van der Waals surface area contributed by atoms with Gasteiger partial charge in [-0.2, -0.15) is 10.1 Å². The van der Waals surface area contributed by atoms with Crippen molar-refractivity contribution in [2.75, 3.05) is 5.32 Å². The first-order valence-electron chi connectivity index (χ1n) is 8.99. The summed E-state index contributed by atoms with van der Waals surface area (Å²) in [5.74, 6) is 0.678. The number of rotatable bonds is 6. The van der Waals surface area contributed by atoms with Crippen molar-refractivity contribution in [3.05, 3.63) is 58.5 Å². The fraction of sp³-hybridized carbons (Fsp3) is 0.200. The Balaban J connectivity index is 1.34. The molecule has 0 saturated heterocycles. The van der Waals surface area contributed by atoms with E-state index >= 15 is 0 Å². The highest BCUT2D eigenvalue weighted by Crippen LogP contribution is 2.27. The zero-order chi connectivity index (χ0) is 20.4. The molecular weight excluding hydrogens is 393 g/mol. The summed E-state index contributed by atoms with van der Waals surface area (Å²) >= 11 is 1.65. The Labute approximate surface area is 170 Å². The van der Waals surface area contributed by atoms with E-state index < -0.39 is 0 Å². The molecule has 29 heavy (non-hydrogen) atoms. The first-order valence-corrected chi connectivity index (χ1v) is 9.81. The van der Waals surface area contributed by atoms with E-state index in [1.807, 2.05) is 19.1 Å². The number of nitrogens with zero attached hydrogens (tertiary/aromatic N) is 3. The quantitative estimate of drug-likeness (QED) is 0.486. The lowest BCUT2D eigenvalue weighted by Gasteiger charge is -1.99. The van der Waals surface area contributed by atoms with Crippen molar-refractivity contribution in [2.45, 2.75) is 26.7 Å². The predicted molar refractivity (Wildman–Crippen MR) is 108 cm³/mol. The lowest BCUT2D eigenvalue weighted by atomic mass is 10.1. The Bertz CT molecular complexity index is 1160. The largest absolute Gasteiger partial charge is 0.339 e. The van der Waals surface area contributed by atoms with Crippen LogP contribution in [0.25, 0.3) is 22.0 Å². The first kappa shape index (κ1) is 19.0. The monoisotopic (exact) mass is 411 g/mol. The van der Waals surface area contributed by atoms with Gasteiger partial charge in [-0.05, 0) is 49.7 Å². The highest BCUT2D eigenvalue weighted by atomic mass is 32.1. The summed E-state index contributed by atoms with van der Waals surface area (Å²) in [4.78, 5) is 18.7. The van der Waals surface area contributed by atoms with Gasteiger partial charge in [-0.25, -0.2) is 4.39 Å². The maximum absolute atomic E-state index is 13.4. The van der Waals surface area contributed by atoms with Gasteiger partial charge in [0.1, 0.15) is 5.82 Å². The zero-order valence-corrected chi connectivity index (χ0v) is 16.6. The van der Waals surface area contributed by atoms with E-state index in [2.05, 4.69) is 25.7 Å². The number of thiophene rings is 1. The molecule has 0 aliphatic carbocycles. The van der Waals surface area contributed by atoms with Crippen molar-refractivity contribution in [1.82, 2.24) is 20.3 Å². The van der Waals surface area contributed by atoms with Crippen LogP contribution in [0.15, 0.2) is 40.9 Å². The number of carbonyl (C=O) groups is 1. The molecule has 0 unspecified atom stereocenters. The number of aromatic nitrogens is 4. The fourth-order valence-corrected chi connectivity index (χ4v) is 3.61. The number of anilines is 1. The van der Waals surface area contributed by atoms with E-state index in [-0.39, 0.29) is 18.1 Å². The summed E-state index contributed by atoms with van der Waals surface area (Å²) in [6, 6.07) is 10.4. The molecule has 0 bridgehead atoms. The third-order valence-electron chi connectivity index (χ3n) is 4.30. The molecule has 9 heteroatoms. The summed E-state index contributed by atoms with van der Waals surface area (Å²) in [6.07, 6.45) is 0.463. The van der Waals surface area contributed by atoms with Crippen LogP contribution < -0.4 is 5.32 Å². The van der Waals surface area contributed by atoms with Crippen LogP contribution in [0.1, 0.15) is 22.8 Å². The van der Waals surface area contributed by atoms with Gasteiger partial charge in [0.25, 0.3) is 0 Å². The standard InChI is InChI=1S/C20H18FN5O2S/c1-11-9-13(4-5-14(11)21)20-23-19(28-26-20)8-7-18(27)22-17-10-15(24-25-17)16-6-3-12(2)29-16/h3-6,9-10H,7-8H2,1-2H3,(H2,22,24,25,27). The van der Waals surface area contributed by atoms with Gasteiger partial charge in [-0.3, -0.25) is 9.89 Å². The van der Waals surface area contributed by atoms with Gasteiger partial charge in [0.15, 0.2) is 5.82 Å². The summed E-state index contributed by atoms with van der Waals surface area (Å²) < 4.78 is 18.6. The third-order valence-corrected chi connectivity index (χ3v) is 5.34. The number of H-pyrrole nitrogens is 1.